The Balaban J connectivity index is 2.46. The molecule has 0 aliphatic carbocycles. The number of aromatic nitrogens is 1. The van der Waals surface area contributed by atoms with Crippen LogP contribution in [0.3, 0.4) is 0 Å². The van der Waals surface area contributed by atoms with Gasteiger partial charge in [-0.1, -0.05) is 20.8 Å². The highest BCUT2D eigenvalue weighted by molar-refractivity contribution is 5.73. The summed E-state index contributed by atoms with van der Waals surface area (Å²) in [6, 6.07) is 3.28. The van der Waals surface area contributed by atoms with Gasteiger partial charge in [0, 0.05) is 18.9 Å². The summed E-state index contributed by atoms with van der Waals surface area (Å²) in [4.78, 5) is 15.1. The number of carboxylic acid groups (broad SMARTS) is 1. The summed E-state index contributed by atoms with van der Waals surface area (Å²) in [6.07, 6.45) is 4.95. The Morgan fingerprint density at radius 1 is 1.39 bits per heavy atom. The Morgan fingerprint density at radius 2 is 2.00 bits per heavy atom. The van der Waals surface area contributed by atoms with Gasteiger partial charge in [0.2, 0.25) is 0 Å². The third-order valence-electron chi connectivity index (χ3n) is 2.78. The molecule has 4 nitrogen and oxygen atoms in total. The molecule has 1 atom stereocenters. The van der Waals surface area contributed by atoms with Gasteiger partial charge in [0.05, 0.1) is 0 Å². The molecule has 0 aliphatic heterocycles. The molecule has 100 valence electrons. The topological polar surface area (TPSA) is 62.2 Å². The first-order chi connectivity index (χ1) is 8.38. The number of nitrogens with zero attached hydrogens (tertiary/aromatic N) is 1. The maximum absolute atomic E-state index is 11.2. The van der Waals surface area contributed by atoms with Gasteiger partial charge < -0.3 is 10.4 Å². The third kappa shape index (κ3) is 5.77. The molecule has 0 radical (unpaired) electrons. The Labute approximate surface area is 108 Å². The van der Waals surface area contributed by atoms with Gasteiger partial charge >= 0.3 is 5.97 Å². The van der Waals surface area contributed by atoms with Crippen LogP contribution in [0.4, 0.5) is 0 Å². The monoisotopic (exact) mass is 250 g/mol. The summed E-state index contributed by atoms with van der Waals surface area (Å²) in [5.74, 6) is -0.784. The predicted molar refractivity (Wildman–Crippen MR) is 71.2 cm³/mol. The van der Waals surface area contributed by atoms with Crippen LogP contribution in [-0.4, -0.2) is 22.1 Å². The van der Waals surface area contributed by atoms with Crippen LogP contribution < -0.4 is 5.32 Å². The minimum absolute atomic E-state index is 0.159. The van der Waals surface area contributed by atoms with Crippen LogP contribution in [0, 0.1) is 5.41 Å². The largest absolute Gasteiger partial charge is 0.480 e. The van der Waals surface area contributed by atoms with Crippen molar-refractivity contribution in [2.24, 2.45) is 5.41 Å². The van der Waals surface area contributed by atoms with Crippen LogP contribution in [0.2, 0.25) is 0 Å². The van der Waals surface area contributed by atoms with Crippen LogP contribution in [0.5, 0.6) is 0 Å². The molecule has 0 saturated heterocycles. The summed E-state index contributed by atoms with van der Waals surface area (Å²) in [5, 5.41) is 12.3. The number of carbonyl (C=O) groups is 1. The molecule has 1 aromatic heterocycles. The number of aliphatic carboxylic acids is 1. The number of hydrogen-bond donors (Lipinski definition) is 2. The van der Waals surface area contributed by atoms with Gasteiger partial charge in [0.15, 0.2) is 0 Å². The molecule has 0 spiro atoms. The number of rotatable bonds is 6. The summed E-state index contributed by atoms with van der Waals surface area (Å²) < 4.78 is 0. The average molecular weight is 250 g/mol. The van der Waals surface area contributed by atoms with E-state index in [1.165, 1.54) is 0 Å². The lowest BCUT2D eigenvalue weighted by atomic mass is 9.88. The molecule has 1 heterocycles. The fourth-order valence-electron chi connectivity index (χ4n) is 1.63. The molecular formula is C14H22N2O2. The molecule has 4 heteroatoms. The Bertz CT molecular complexity index is 371. The van der Waals surface area contributed by atoms with Crippen molar-refractivity contribution in [3.63, 3.8) is 0 Å². The number of pyridine rings is 1. The van der Waals surface area contributed by atoms with Gasteiger partial charge in [-0.2, -0.15) is 0 Å². The van der Waals surface area contributed by atoms with Crippen molar-refractivity contribution >= 4 is 5.97 Å². The van der Waals surface area contributed by atoms with E-state index in [0.717, 1.165) is 12.0 Å². The van der Waals surface area contributed by atoms with E-state index in [-0.39, 0.29) is 5.41 Å². The van der Waals surface area contributed by atoms with Crippen LogP contribution in [0.25, 0.3) is 0 Å². The molecule has 2 N–H and O–H groups in total. The second kappa shape index (κ2) is 6.50. The predicted octanol–water partition coefficient (Wildman–Crippen LogP) is 2.45. The standard InChI is InChI=1S/C14H22N2O2/c1-14(2,3)7-4-12(13(17)18)16-10-11-5-8-15-9-6-11/h5-6,8-9,12,16H,4,7,10H2,1-3H3,(H,17,18)/t12-/m0/s1. The minimum Gasteiger partial charge on any atom is -0.480 e. The molecule has 1 rings (SSSR count). The van der Waals surface area contributed by atoms with E-state index in [2.05, 4.69) is 31.1 Å². The van der Waals surface area contributed by atoms with Crippen LogP contribution in [0.1, 0.15) is 39.2 Å². The molecule has 0 saturated carbocycles. The normalized spacial score (nSPS) is 13.3. The van der Waals surface area contributed by atoms with Gasteiger partial charge in [-0.3, -0.25) is 9.78 Å². The fraction of sp³-hybridized carbons (Fsp3) is 0.571. The number of carboxylic acids is 1. The van der Waals surface area contributed by atoms with Crippen molar-refractivity contribution in [1.82, 2.24) is 10.3 Å². The average Bonchev–Trinajstić information content (AvgIpc) is 2.28. The maximum Gasteiger partial charge on any atom is 0.320 e. The molecule has 0 bridgehead atoms. The van der Waals surface area contributed by atoms with E-state index < -0.39 is 12.0 Å². The van der Waals surface area contributed by atoms with E-state index in [1.807, 2.05) is 12.1 Å². The highest BCUT2D eigenvalue weighted by Crippen LogP contribution is 2.21. The Hall–Kier alpha value is -1.42. The Kier molecular flexibility index (Phi) is 5.28. The summed E-state index contributed by atoms with van der Waals surface area (Å²) in [5.41, 5.74) is 1.21. The molecule has 0 fully saturated rings. The lowest BCUT2D eigenvalue weighted by Crippen LogP contribution is -2.37. The highest BCUT2D eigenvalue weighted by Gasteiger charge is 2.20. The van der Waals surface area contributed by atoms with Crippen LogP contribution in [-0.2, 0) is 11.3 Å². The van der Waals surface area contributed by atoms with Gasteiger partial charge in [-0.25, -0.2) is 0 Å². The van der Waals surface area contributed by atoms with Crippen molar-refractivity contribution in [2.45, 2.75) is 46.2 Å². The number of hydrogen-bond acceptors (Lipinski definition) is 3. The second-order valence-corrected chi connectivity index (χ2v) is 5.73. The van der Waals surface area contributed by atoms with E-state index in [4.69, 9.17) is 0 Å². The lowest BCUT2D eigenvalue weighted by molar-refractivity contribution is -0.139. The van der Waals surface area contributed by atoms with Crippen molar-refractivity contribution < 1.29 is 9.90 Å². The molecule has 18 heavy (non-hydrogen) atoms. The fourth-order valence-corrected chi connectivity index (χ4v) is 1.63. The first kappa shape index (κ1) is 14.6. The first-order valence-electron chi connectivity index (χ1n) is 6.23. The van der Waals surface area contributed by atoms with Crippen molar-refractivity contribution in [3.05, 3.63) is 30.1 Å². The first-order valence-corrected chi connectivity index (χ1v) is 6.23. The molecule has 0 aromatic carbocycles. The quantitative estimate of drug-likeness (QED) is 0.814. The van der Waals surface area contributed by atoms with Gasteiger partial charge in [0.25, 0.3) is 0 Å². The smallest absolute Gasteiger partial charge is 0.320 e. The third-order valence-corrected chi connectivity index (χ3v) is 2.78. The number of nitrogens with one attached hydrogen (secondary N) is 1. The SMILES string of the molecule is CC(C)(C)CC[C@H](NCc1ccncc1)C(=O)O. The van der Waals surface area contributed by atoms with E-state index in [1.54, 1.807) is 12.4 Å². The van der Waals surface area contributed by atoms with Crippen LogP contribution >= 0.6 is 0 Å². The van der Waals surface area contributed by atoms with Gasteiger partial charge in [-0.15, -0.1) is 0 Å². The Morgan fingerprint density at radius 3 is 2.50 bits per heavy atom. The zero-order valence-corrected chi connectivity index (χ0v) is 11.3. The molecular weight excluding hydrogens is 228 g/mol. The van der Waals surface area contributed by atoms with E-state index >= 15 is 0 Å². The summed E-state index contributed by atoms with van der Waals surface area (Å²) >= 11 is 0. The second-order valence-electron chi connectivity index (χ2n) is 5.73. The lowest BCUT2D eigenvalue weighted by Gasteiger charge is -2.21. The summed E-state index contributed by atoms with van der Waals surface area (Å²) in [6.45, 7) is 6.92. The van der Waals surface area contributed by atoms with Crippen molar-refractivity contribution in [2.75, 3.05) is 0 Å². The highest BCUT2D eigenvalue weighted by atomic mass is 16.4. The van der Waals surface area contributed by atoms with Crippen LogP contribution in [0.15, 0.2) is 24.5 Å². The van der Waals surface area contributed by atoms with E-state index in [0.29, 0.717) is 13.0 Å². The zero-order chi connectivity index (χ0) is 13.6. The van der Waals surface area contributed by atoms with Crippen molar-refractivity contribution in [3.8, 4) is 0 Å². The maximum atomic E-state index is 11.2. The van der Waals surface area contributed by atoms with Gasteiger partial charge in [0.1, 0.15) is 6.04 Å². The van der Waals surface area contributed by atoms with E-state index in [9.17, 15) is 9.90 Å². The molecule has 1 aromatic rings. The molecule has 0 unspecified atom stereocenters. The molecule has 0 aliphatic rings. The summed E-state index contributed by atoms with van der Waals surface area (Å²) in [7, 11) is 0. The molecule has 0 amide bonds. The van der Waals surface area contributed by atoms with Gasteiger partial charge in [-0.05, 0) is 36.0 Å². The minimum atomic E-state index is -0.784. The van der Waals surface area contributed by atoms with Crippen molar-refractivity contribution in [1.29, 1.82) is 0 Å². The zero-order valence-electron chi connectivity index (χ0n) is 11.3.